The summed E-state index contributed by atoms with van der Waals surface area (Å²) in [5.41, 5.74) is 3.80. The second-order valence-corrected chi connectivity index (χ2v) is 8.03. The molecule has 2 aromatic rings. The van der Waals surface area contributed by atoms with Crippen molar-refractivity contribution in [1.29, 1.82) is 0 Å². The van der Waals surface area contributed by atoms with Crippen LogP contribution >= 0.6 is 11.8 Å². The summed E-state index contributed by atoms with van der Waals surface area (Å²) < 4.78 is 0. The average Bonchev–Trinajstić information content (AvgIpc) is 2.68. The van der Waals surface area contributed by atoms with E-state index in [1.54, 1.807) is 11.8 Å². The Morgan fingerprint density at radius 2 is 1.69 bits per heavy atom. The van der Waals surface area contributed by atoms with Gasteiger partial charge < -0.3 is 5.32 Å². The lowest BCUT2D eigenvalue weighted by molar-refractivity contribution is -0.118. The number of amides is 1. The van der Waals surface area contributed by atoms with Crippen molar-refractivity contribution in [2.24, 2.45) is 0 Å². The fourth-order valence-corrected chi connectivity index (χ4v) is 4.00. The second-order valence-electron chi connectivity index (χ2n) is 6.98. The number of nitrogens with zero attached hydrogens (tertiary/aromatic N) is 1. The molecular formula is C22H28N2OS. The van der Waals surface area contributed by atoms with Crippen molar-refractivity contribution in [1.82, 2.24) is 10.2 Å². The Morgan fingerprint density at radius 1 is 1.00 bits per heavy atom. The van der Waals surface area contributed by atoms with Gasteiger partial charge in [-0.1, -0.05) is 48.4 Å². The standard InChI is InChI=1S/C22H28N2OS/c1-18-9-11-21(12-10-18)26-17-22(25)23-15-19-7-3-4-8-20(19)16-24-13-5-2-6-14-24/h3-4,7-12H,2,5-6,13-17H2,1H3,(H,23,25). The fourth-order valence-electron chi connectivity index (χ4n) is 3.27. The van der Waals surface area contributed by atoms with Crippen molar-refractivity contribution in [3.63, 3.8) is 0 Å². The van der Waals surface area contributed by atoms with Gasteiger partial charge in [0.15, 0.2) is 0 Å². The van der Waals surface area contributed by atoms with Crippen LogP contribution in [0.4, 0.5) is 0 Å². The summed E-state index contributed by atoms with van der Waals surface area (Å²) in [6.45, 7) is 6.05. The molecular weight excluding hydrogens is 340 g/mol. The van der Waals surface area contributed by atoms with Gasteiger partial charge in [0.2, 0.25) is 5.91 Å². The zero-order valence-corrected chi connectivity index (χ0v) is 16.4. The lowest BCUT2D eigenvalue weighted by Crippen LogP contribution is -2.30. The smallest absolute Gasteiger partial charge is 0.230 e. The van der Waals surface area contributed by atoms with Crippen molar-refractivity contribution in [3.8, 4) is 0 Å². The van der Waals surface area contributed by atoms with Gasteiger partial charge in [0.1, 0.15) is 0 Å². The van der Waals surface area contributed by atoms with Crippen molar-refractivity contribution < 1.29 is 4.79 Å². The van der Waals surface area contributed by atoms with Gasteiger partial charge >= 0.3 is 0 Å². The summed E-state index contributed by atoms with van der Waals surface area (Å²) in [6.07, 6.45) is 3.96. The molecule has 26 heavy (non-hydrogen) atoms. The Bertz CT molecular complexity index is 708. The van der Waals surface area contributed by atoms with Gasteiger partial charge in [0, 0.05) is 18.0 Å². The minimum Gasteiger partial charge on any atom is -0.351 e. The number of nitrogens with one attached hydrogen (secondary N) is 1. The van der Waals surface area contributed by atoms with Gasteiger partial charge in [-0.25, -0.2) is 0 Å². The maximum Gasteiger partial charge on any atom is 0.230 e. The highest BCUT2D eigenvalue weighted by atomic mass is 32.2. The third-order valence-corrected chi connectivity index (χ3v) is 5.84. The lowest BCUT2D eigenvalue weighted by atomic mass is 10.0. The summed E-state index contributed by atoms with van der Waals surface area (Å²) in [5.74, 6) is 0.542. The van der Waals surface area contributed by atoms with Crippen LogP contribution in [0.25, 0.3) is 0 Å². The molecule has 1 heterocycles. The minimum atomic E-state index is 0.0864. The Kier molecular flexibility index (Phi) is 7.15. The second kappa shape index (κ2) is 9.79. The van der Waals surface area contributed by atoms with Gasteiger partial charge in [0.05, 0.1) is 5.75 Å². The van der Waals surface area contributed by atoms with Crippen molar-refractivity contribution >= 4 is 17.7 Å². The molecule has 1 fully saturated rings. The largest absolute Gasteiger partial charge is 0.351 e. The molecule has 0 spiro atoms. The molecule has 0 saturated carbocycles. The van der Waals surface area contributed by atoms with Gasteiger partial charge in [-0.2, -0.15) is 0 Å². The Labute approximate surface area is 161 Å². The summed E-state index contributed by atoms with van der Waals surface area (Å²) in [5, 5.41) is 3.08. The molecule has 0 atom stereocenters. The van der Waals surface area contributed by atoms with Gasteiger partial charge in [-0.05, 0) is 56.1 Å². The monoisotopic (exact) mass is 368 g/mol. The van der Waals surface area contributed by atoms with Crippen LogP contribution in [0.3, 0.4) is 0 Å². The molecule has 0 aliphatic carbocycles. The van der Waals surface area contributed by atoms with Crippen LogP contribution in [0.1, 0.15) is 36.0 Å². The normalized spacial score (nSPS) is 15.0. The molecule has 0 unspecified atom stereocenters. The van der Waals surface area contributed by atoms with E-state index in [0.717, 1.165) is 11.4 Å². The number of benzene rings is 2. The summed E-state index contributed by atoms with van der Waals surface area (Å²) in [7, 11) is 0. The number of carbonyl (C=O) groups excluding carboxylic acids is 1. The SMILES string of the molecule is Cc1ccc(SCC(=O)NCc2ccccc2CN2CCCCC2)cc1. The summed E-state index contributed by atoms with van der Waals surface area (Å²) in [6, 6.07) is 16.8. The first-order valence-electron chi connectivity index (χ1n) is 9.46. The molecule has 1 amide bonds. The highest BCUT2D eigenvalue weighted by Gasteiger charge is 2.12. The first-order valence-corrected chi connectivity index (χ1v) is 10.4. The maximum atomic E-state index is 12.2. The molecule has 3 nitrogen and oxygen atoms in total. The number of hydrogen-bond acceptors (Lipinski definition) is 3. The maximum absolute atomic E-state index is 12.2. The van der Waals surface area contributed by atoms with E-state index in [1.165, 1.54) is 49.0 Å². The number of piperidine rings is 1. The van der Waals surface area contributed by atoms with Crippen LogP contribution in [-0.4, -0.2) is 29.6 Å². The summed E-state index contributed by atoms with van der Waals surface area (Å²) >= 11 is 1.58. The molecule has 1 aliphatic heterocycles. The average molecular weight is 369 g/mol. The molecule has 3 rings (SSSR count). The molecule has 4 heteroatoms. The predicted octanol–water partition coefficient (Wildman–Crippen LogP) is 4.39. The van der Waals surface area contributed by atoms with E-state index in [1.807, 2.05) is 0 Å². The first-order chi connectivity index (χ1) is 12.7. The van der Waals surface area contributed by atoms with Gasteiger partial charge in [-0.15, -0.1) is 11.8 Å². The van der Waals surface area contributed by atoms with Crippen LogP contribution in [-0.2, 0) is 17.9 Å². The zero-order chi connectivity index (χ0) is 18.2. The van der Waals surface area contributed by atoms with Crippen molar-refractivity contribution in [2.45, 2.75) is 44.2 Å². The molecule has 1 aliphatic rings. The minimum absolute atomic E-state index is 0.0864. The number of rotatable bonds is 7. The van der Waals surface area contributed by atoms with E-state index >= 15 is 0 Å². The van der Waals surface area contributed by atoms with Crippen LogP contribution in [0, 0.1) is 6.92 Å². The number of likely N-dealkylation sites (tertiary alicyclic amines) is 1. The Hall–Kier alpha value is -1.78. The molecule has 2 aromatic carbocycles. The molecule has 0 bridgehead atoms. The topological polar surface area (TPSA) is 32.3 Å². The molecule has 1 N–H and O–H groups in total. The van der Waals surface area contributed by atoms with E-state index in [4.69, 9.17) is 0 Å². The van der Waals surface area contributed by atoms with Gasteiger partial charge in [-0.3, -0.25) is 9.69 Å². The summed E-state index contributed by atoms with van der Waals surface area (Å²) in [4.78, 5) is 15.9. The third kappa shape index (κ3) is 5.89. The lowest BCUT2D eigenvalue weighted by Gasteiger charge is -2.27. The number of hydrogen-bond donors (Lipinski definition) is 1. The molecule has 138 valence electrons. The van der Waals surface area contributed by atoms with Crippen LogP contribution in [0.5, 0.6) is 0 Å². The van der Waals surface area contributed by atoms with E-state index in [-0.39, 0.29) is 5.91 Å². The van der Waals surface area contributed by atoms with Crippen LogP contribution < -0.4 is 5.32 Å². The van der Waals surface area contributed by atoms with Crippen molar-refractivity contribution in [2.75, 3.05) is 18.8 Å². The Morgan fingerprint density at radius 3 is 2.42 bits per heavy atom. The van der Waals surface area contributed by atoms with Crippen LogP contribution in [0.15, 0.2) is 53.4 Å². The van der Waals surface area contributed by atoms with Crippen molar-refractivity contribution in [3.05, 3.63) is 65.2 Å². The third-order valence-electron chi connectivity index (χ3n) is 4.83. The molecule has 0 radical (unpaired) electrons. The number of aryl methyl sites for hydroxylation is 1. The highest BCUT2D eigenvalue weighted by Crippen LogP contribution is 2.18. The van der Waals surface area contributed by atoms with Gasteiger partial charge in [0.25, 0.3) is 0 Å². The first kappa shape index (κ1) is 19.0. The zero-order valence-electron chi connectivity index (χ0n) is 15.5. The Balaban J connectivity index is 1.49. The highest BCUT2D eigenvalue weighted by molar-refractivity contribution is 8.00. The quantitative estimate of drug-likeness (QED) is 0.736. The van der Waals surface area contributed by atoms with E-state index < -0.39 is 0 Å². The number of thioether (sulfide) groups is 1. The number of carbonyl (C=O) groups is 1. The predicted molar refractivity (Wildman–Crippen MR) is 109 cm³/mol. The van der Waals surface area contributed by atoms with E-state index in [9.17, 15) is 4.79 Å². The van der Waals surface area contributed by atoms with E-state index in [2.05, 4.69) is 65.7 Å². The molecule has 0 aromatic heterocycles. The van der Waals surface area contributed by atoms with Crippen LogP contribution in [0.2, 0.25) is 0 Å². The van der Waals surface area contributed by atoms with E-state index in [0.29, 0.717) is 12.3 Å². The molecule has 1 saturated heterocycles. The fraction of sp³-hybridized carbons (Fsp3) is 0.409.